The Hall–Kier alpha value is -2.10. The summed E-state index contributed by atoms with van der Waals surface area (Å²) >= 11 is 9.43. The van der Waals surface area contributed by atoms with Gasteiger partial charge in [-0.1, -0.05) is 52.7 Å². The molecule has 0 aliphatic heterocycles. The maximum Gasteiger partial charge on any atom is 0.244 e. The second kappa shape index (κ2) is 11.9. The van der Waals surface area contributed by atoms with Gasteiger partial charge < -0.3 is 10.2 Å². The summed E-state index contributed by atoms with van der Waals surface area (Å²) in [6.07, 6.45) is 1.78. The molecule has 33 heavy (non-hydrogen) atoms. The minimum atomic E-state index is -3.77. The van der Waals surface area contributed by atoms with Gasteiger partial charge in [-0.3, -0.25) is 13.9 Å². The van der Waals surface area contributed by atoms with Crippen LogP contribution in [-0.4, -0.2) is 50.0 Å². The molecule has 2 atom stereocenters. The van der Waals surface area contributed by atoms with Crippen molar-refractivity contribution in [1.82, 2.24) is 10.2 Å². The van der Waals surface area contributed by atoms with E-state index in [4.69, 9.17) is 11.6 Å². The molecule has 2 rings (SSSR count). The van der Waals surface area contributed by atoms with Gasteiger partial charge in [-0.15, -0.1) is 0 Å². The van der Waals surface area contributed by atoms with Gasteiger partial charge in [0.05, 0.1) is 11.9 Å². The number of rotatable bonds is 10. The Labute approximate surface area is 209 Å². The van der Waals surface area contributed by atoms with E-state index in [0.29, 0.717) is 15.2 Å². The lowest BCUT2D eigenvalue weighted by atomic mass is 10.1. The average molecular weight is 559 g/mol. The molecule has 0 aromatic heterocycles. The third kappa shape index (κ3) is 8.01. The summed E-state index contributed by atoms with van der Waals surface area (Å²) in [6, 6.07) is 12.8. The Morgan fingerprint density at radius 3 is 2.36 bits per heavy atom. The van der Waals surface area contributed by atoms with E-state index < -0.39 is 28.5 Å². The van der Waals surface area contributed by atoms with Crippen molar-refractivity contribution in [3.8, 4) is 0 Å². The summed E-state index contributed by atoms with van der Waals surface area (Å²) in [4.78, 5) is 27.7. The summed E-state index contributed by atoms with van der Waals surface area (Å²) in [7, 11) is -3.77. The Morgan fingerprint density at radius 1 is 1.12 bits per heavy atom. The molecular weight excluding hydrogens is 530 g/mol. The van der Waals surface area contributed by atoms with E-state index in [9.17, 15) is 18.0 Å². The molecule has 0 saturated heterocycles. The molecule has 0 bridgehead atoms. The Balaban J connectivity index is 2.38. The van der Waals surface area contributed by atoms with E-state index in [1.54, 1.807) is 55.5 Å². The molecule has 0 radical (unpaired) electrons. The smallest absolute Gasteiger partial charge is 0.244 e. The molecule has 0 aliphatic rings. The second-order valence-electron chi connectivity index (χ2n) is 7.89. The molecular formula is C23H29BrClN3O4S. The summed E-state index contributed by atoms with van der Waals surface area (Å²) < 4.78 is 26.8. The minimum absolute atomic E-state index is 0.0581. The van der Waals surface area contributed by atoms with Crippen LogP contribution in [0, 0.1) is 0 Å². The van der Waals surface area contributed by atoms with E-state index >= 15 is 0 Å². The van der Waals surface area contributed by atoms with Gasteiger partial charge in [-0.2, -0.15) is 0 Å². The van der Waals surface area contributed by atoms with Gasteiger partial charge >= 0.3 is 0 Å². The first kappa shape index (κ1) is 27.1. The van der Waals surface area contributed by atoms with Crippen LogP contribution in [0.4, 0.5) is 5.69 Å². The summed E-state index contributed by atoms with van der Waals surface area (Å²) in [5.41, 5.74) is 1.08. The molecule has 0 heterocycles. The Bertz CT molecular complexity index is 1100. The summed E-state index contributed by atoms with van der Waals surface area (Å²) in [6.45, 7) is 5.12. The second-order valence-corrected chi connectivity index (χ2v) is 11.2. The van der Waals surface area contributed by atoms with Crippen molar-refractivity contribution < 1.29 is 18.0 Å². The zero-order valence-corrected chi connectivity index (χ0v) is 22.2. The number of hydrogen-bond donors (Lipinski definition) is 1. The minimum Gasteiger partial charge on any atom is -0.352 e. The molecule has 0 fully saturated rings. The van der Waals surface area contributed by atoms with Crippen molar-refractivity contribution in [2.24, 2.45) is 0 Å². The number of halogens is 2. The van der Waals surface area contributed by atoms with Gasteiger partial charge in [-0.25, -0.2) is 8.42 Å². The van der Waals surface area contributed by atoms with E-state index in [1.807, 2.05) is 13.8 Å². The number of carbonyl (C=O) groups is 2. The highest BCUT2D eigenvalue weighted by atomic mass is 79.9. The van der Waals surface area contributed by atoms with Gasteiger partial charge in [0.2, 0.25) is 21.8 Å². The number of benzene rings is 2. The molecule has 0 saturated carbocycles. The zero-order chi connectivity index (χ0) is 24.8. The Kier molecular flexibility index (Phi) is 9.75. The van der Waals surface area contributed by atoms with Crippen LogP contribution < -0.4 is 9.62 Å². The SMILES string of the molecule is CCC(C)NC(=O)C(C)N(Cc1cccc(Cl)c1)C(=O)CN(c1cccc(Br)c1)S(C)(=O)=O. The van der Waals surface area contributed by atoms with Crippen LogP contribution in [-0.2, 0) is 26.2 Å². The molecule has 1 N–H and O–H groups in total. The lowest BCUT2D eigenvalue weighted by molar-refractivity contribution is -0.139. The number of amides is 2. The fraction of sp³-hybridized carbons (Fsp3) is 0.391. The van der Waals surface area contributed by atoms with E-state index in [2.05, 4.69) is 21.2 Å². The number of hydrogen-bond acceptors (Lipinski definition) is 4. The largest absolute Gasteiger partial charge is 0.352 e. The number of carbonyl (C=O) groups excluding carboxylic acids is 2. The topological polar surface area (TPSA) is 86.8 Å². The Morgan fingerprint density at radius 2 is 1.79 bits per heavy atom. The van der Waals surface area contributed by atoms with Gasteiger partial charge in [0.1, 0.15) is 12.6 Å². The van der Waals surface area contributed by atoms with Gasteiger partial charge in [-0.05, 0) is 56.2 Å². The molecule has 2 unspecified atom stereocenters. The molecule has 2 aromatic rings. The van der Waals surface area contributed by atoms with Crippen LogP contribution in [0.15, 0.2) is 53.0 Å². The third-order valence-electron chi connectivity index (χ3n) is 5.19. The fourth-order valence-electron chi connectivity index (χ4n) is 3.13. The lowest BCUT2D eigenvalue weighted by Gasteiger charge is -2.32. The van der Waals surface area contributed by atoms with Crippen LogP contribution in [0.5, 0.6) is 0 Å². The normalized spacial score (nSPS) is 13.2. The fourth-order valence-corrected chi connectivity index (χ4v) is 4.57. The first-order valence-electron chi connectivity index (χ1n) is 10.5. The van der Waals surface area contributed by atoms with Crippen LogP contribution in [0.2, 0.25) is 5.02 Å². The first-order valence-corrected chi connectivity index (χ1v) is 13.5. The van der Waals surface area contributed by atoms with E-state index in [-0.39, 0.29) is 18.5 Å². The standard InChI is InChI=1S/C23H29BrClN3O4S/c1-5-16(2)26-23(30)17(3)27(14-18-8-6-10-20(25)12-18)22(29)15-28(33(4,31)32)21-11-7-9-19(24)13-21/h6-13,16-17H,5,14-15H2,1-4H3,(H,26,30). The molecule has 2 aromatic carbocycles. The highest BCUT2D eigenvalue weighted by Gasteiger charge is 2.30. The predicted molar refractivity (Wildman–Crippen MR) is 136 cm³/mol. The number of sulfonamides is 1. The van der Waals surface area contributed by atoms with Crippen molar-refractivity contribution in [3.05, 3.63) is 63.6 Å². The monoisotopic (exact) mass is 557 g/mol. The number of nitrogens with one attached hydrogen (secondary N) is 1. The first-order chi connectivity index (χ1) is 15.4. The molecule has 0 aliphatic carbocycles. The zero-order valence-electron chi connectivity index (χ0n) is 19.1. The van der Waals surface area contributed by atoms with Crippen LogP contribution in [0.25, 0.3) is 0 Å². The summed E-state index contributed by atoms with van der Waals surface area (Å²) in [5, 5.41) is 3.39. The molecule has 7 nitrogen and oxygen atoms in total. The maximum absolute atomic E-state index is 13.4. The van der Waals surface area contributed by atoms with E-state index in [1.165, 1.54) is 4.90 Å². The van der Waals surface area contributed by atoms with Crippen LogP contribution in [0.1, 0.15) is 32.8 Å². The van der Waals surface area contributed by atoms with Crippen molar-refractivity contribution in [2.45, 2.75) is 45.8 Å². The molecule has 180 valence electrons. The lowest BCUT2D eigenvalue weighted by Crippen LogP contribution is -2.52. The molecule has 10 heteroatoms. The van der Waals surface area contributed by atoms with E-state index in [0.717, 1.165) is 22.5 Å². The molecule has 0 spiro atoms. The predicted octanol–water partition coefficient (Wildman–Crippen LogP) is 4.20. The number of nitrogens with zero attached hydrogens (tertiary/aromatic N) is 2. The number of anilines is 1. The van der Waals surface area contributed by atoms with Crippen molar-refractivity contribution in [1.29, 1.82) is 0 Å². The quantitative estimate of drug-likeness (QED) is 0.474. The van der Waals surface area contributed by atoms with Gasteiger partial charge in [0.15, 0.2) is 0 Å². The highest BCUT2D eigenvalue weighted by Crippen LogP contribution is 2.23. The maximum atomic E-state index is 13.4. The van der Waals surface area contributed by atoms with Gasteiger partial charge in [0, 0.05) is 22.1 Å². The third-order valence-corrected chi connectivity index (χ3v) is 7.05. The van der Waals surface area contributed by atoms with Crippen molar-refractivity contribution in [2.75, 3.05) is 17.1 Å². The highest BCUT2D eigenvalue weighted by molar-refractivity contribution is 9.10. The average Bonchev–Trinajstić information content (AvgIpc) is 2.74. The molecule has 2 amide bonds. The van der Waals surface area contributed by atoms with Gasteiger partial charge in [0.25, 0.3) is 0 Å². The van der Waals surface area contributed by atoms with Crippen molar-refractivity contribution >= 4 is 55.1 Å². The van der Waals surface area contributed by atoms with Crippen LogP contribution >= 0.6 is 27.5 Å². The summed E-state index contributed by atoms with van der Waals surface area (Å²) in [5.74, 6) is -0.819. The van der Waals surface area contributed by atoms with Crippen molar-refractivity contribution in [3.63, 3.8) is 0 Å². The van der Waals surface area contributed by atoms with Crippen LogP contribution in [0.3, 0.4) is 0 Å².